The van der Waals surface area contributed by atoms with Crippen LogP contribution in [0, 0.1) is 0 Å². The fourth-order valence-electron chi connectivity index (χ4n) is 1.70. The Morgan fingerprint density at radius 2 is 2.31 bits per heavy atom. The third kappa shape index (κ3) is 2.19. The summed E-state index contributed by atoms with van der Waals surface area (Å²) >= 11 is 0. The van der Waals surface area contributed by atoms with Crippen molar-refractivity contribution in [3.63, 3.8) is 0 Å². The number of carbonyl (C=O) groups excluding carboxylic acids is 1. The summed E-state index contributed by atoms with van der Waals surface area (Å²) in [5.41, 5.74) is 0. The van der Waals surface area contributed by atoms with Gasteiger partial charge in [0.1, 0.15) is 0 Å². The third-order valence-electron chi connectivity index (χ3n) is 2.52. The van der Waals surface area contributed by atoms with E-state index in [1.165, 1.54) is 0 Å². The highest BCUT2D eigenvalue weighted by Crippen LogP contribution is 2.20. The smallest absolute Gasteiger partial charge is 0.238 e. The Morgan fingerprint density at radius 3 is 2.69 bits per heavy atom. The standard InChI is InChI=1S/C9H18N2O2/c1-4-8-5-9(13)11(10(8)3)6-7(2)12/h7-8,12H,4-6H2,1-3H3. The molecule has 1 fully saturated rings. The van der Waals surface area contributed by atoms with Gasteiger partial charge in [0.05, 0.1) is 12.6 Å². The van der Waals surface area contributed by atoms with Gasteiger partial charge in [0.15, 0.2) is 0 Å². The maximum Gasteiger partial charge on any atom is 0.238 e. The maximum atomic E-state index is 11.5. The summed E-state index contributed by atoms with van der Waals surface area (Å²) in [6.45, 7) is 4.17. The van der Waals surface area contributed by atoms with E-state index in [0.29, 0.717) is 19.0 Å². The first-order valence-corrected chi connectivity index (χ1v) is 4.77. The van der Waals surface area contributed by atoms with E-state index < -0.39 is 6.10 Å². The molecule has 0 bridgehead atoms. The van der Waals surface area contributed by atoms with Gasteiger partial charge in [-0.2, -0.15) is 0 Å². The van der Waals surface area contributed by atoms with Crippen LogP contribution >= 0.6 is 0 Å². The van der Waals surface area contributed by atoms with Gasteiger partial charge in [0.25, 0.3) is 0 Å². The molecule has 0 saturated carbocycles. The second-order valence-electron chi connectivity index (χ2n) is 3.66. The van der Waals surface area contributed by atoms with E-state index in [4.69, 9.17) is 0 Å². The van der Waals surface area contributed by atoms with Gasteiger partial charge in [0.2, 0.25) is 5.91 Å². The fourth-order valence-corrected chi connectivity index (χ4v) is 1.70. The molecule has 0 aromatic heterocycles. The molecule has 1 rings (SSSR count). The first-order valence-electron chi connectivity index (χ1n) is 4.77. The van der Waals surface area contributed by atoms with Gasteiger partial charge in [-0.25, -0.2) is 5.01 Å². The number of amides is 1. The summed E-state index contributed by atoms with van der Waals surface area (Å²) in [5.74, 6) is 0.121. The van der Waals surface area contributed by atoms with Crippen molar-refractivity contribution in [1.82, 2.24) is 10.0 Å². The number of aliphatic hydroxyl groups excluding tert-OH is 1. The summed E-state index contributed by atoms with van der Waals surface area (Å²) in [7, 11) is 1.90. The molecule has 0 aromatic carbocycles. The molecule has 0 radical (unpaired) electrons. The second-order valence-corrected chi connectivity index (χ2v) is 3.66. The molecule has 4 heteroatoms. The average molecular weight is 186 g/mol. The Morgan fingerprint density at radius 1 is 1.69 bits per heavy atom. The normalized spacial score (nSPS) is 26.9. The van der Waals surface area contributed by atoms with Crippen molar-refractivity contribution in [2.75, 3.05) is 13.6 Å². The molecule has 1 amide bonds. The zero-order valence-corrected chi connectivity index (χ0v) is 8.53. The van der Waals surface area contributed by atoms with Crippen molar-refractivity contribution in [2.45, 2.75) is 38.8 Å². The Balaban J connectivity index is 2.59. The number of β-amino-alcohol motifs (C(OH)–C–C–N with tert-alkyl or cyclic N) is 1. The molecule has 2 atom stereocenters. The quantitative estimate of drug-likeness (QED) is 0.686. The lowest BCUT2D eigenvalue weighted by atomic mass is 10.2. The van der Waals surface area contributed by atoms with Crippen LogP contribution in [0.2, 0.25) is 0 Å². The van der Waals surface area contributed by atoms with Crippen LogP contribution < -0.4 is 0 Å². The molecule has 4 nitrogen and oxygen atoms in total. The van der Waals surface area contributed by atoms with Crippen molar-refractivity contribution in [2.24, 2.45) is 0 Å². The summed E-state index contributed by atoms with van der Waals surface area (Å²) in [6, 6.07) is 0.311. The SMILES string of the molecule is CCC1CC(=O)N(CC(C)O)N1C. The molecule has 1 saturated heterocycles. The van der Waals surface area contributed by atoms with Gasteiger partial charge in [-0.3, -0.25) is 9.80 Å². The third-order valence-corrected chi connectivity index (χ3v) is 2.52. The Labute approximate surface area is 79.1 Å². The minimum atomic E-state index is -0.456. The number of hydrazine groups is 1. The van der Waals surface area contributed by atoms with Gasteiger partial charge in [-0.05, 0) is 13.3 Å². The van der Waals surface area contributed by atoms with Gasteiger partial charge < -0.3 is 5.11 Å². The summed E-state index contributed by atoms with van der Waals surface area (Å²) in [5, 5.41) is 12.8. The largest absolute Gasteiger partial charge is 0.392 e. The highest BCUT2D eigenvalue weighted by atomic mass is 16.3. The van der Waals surface area contributed by atoms with Crippen LogP contribution in [0.4, 0.5) is 0 Å². The predicted molar refractivity (Wildman–Crippen MR) is 49.9 cm³/mol. The van der Waals surface area contributed by atoms with E-state index in [2.05, 4.69) is 6.92 Å². The van der Waals surface area contributed by atoms with Crippen LogP contribution in [0.3, 0.4) is 0 Å². The maximum absolute atomic E-state index is 11.5. The Kier molecular flexibility index (Phi) is 3.27. The molecule has 1 aliphatic rings. The molecular formula is C9H18N2O2. The minimum absolute atomic E-state index is 0.121. The van der Waals surface area contributed by atoms with Gasteiger partial charge >= 0.3 is 0 Å². The highest BCUT2D eigenvalue weighted by Gasteiger charge is 2.33. The topological polar surface area (TPSA) is 43.8 Å². The number of rotatable bonds is 3. The van der Waals surface area contributed by atoms with E-state index in [1.807, 2.05) is 12.1 Å². The van der Waals surface area contributed by atoms with Crippen molar-refractivity contribution in [3.05, 3.63) is 0 Å². The van der Waals surface area contributed by atoms with Crippen LogP contribution in [0.1, 0.15) is 26.7 Å². The summed E-state index contributed by atoms with van der Waals surface area (Å²) in [4.78, 5) is 11.5. The predicted octanol–water partition coefficient (Wildman–Crippen LogP) is 0.225. The lowest BCUT2D eigenvalue weighted by molar-refractivity contribution is -0.139. The molecule has 76 valence electrons. The molecule has 0 aliphatic carbocycles. The van der Waals surface area contributed by atoms with Crippen molar-refractivity contribution in [3.8, 4) is 0 Å². The zero-order chi connectivity index (χ0) is 10.0. The molecule has 1 aliphatic heterocycles. The van der Waals surface area contributed by atoms with Gasteiger partial charge in [-0.15, -0.1) is 0 Å². The van der Waals surface area contributed by atoms with Crippen molar-refractivity contribution < 1.29 is 9.90 Å². The molecule has 2 unspecified atom stereocenters. The molecule has 0 spiro atoms. The molecule has 13 heavy (non-hydrogen) atoms. The summed E-state index contributed by atoms with van der Waals surface area (Å²) in [6.07, 6.45) is 1.10. The Hall–Kier alpha value is -0.610. The Bertz CT molecular complexity index is 194. The van der Waals surface area contributed by atoms with Crippen LogP contribution in [-0.2, 0) is 4.79 Å². The van der Waals surface area contributed by atoms with Crippen LogP contribution in [-0.4, -0.2) is 46.8 Å². The van der Waals surface area contributed by atoms with Crippen LogP contribution in [0.25, 0.3) is 0 Å². The van der Waals surface area contributed by atoms with E-state index in [1.54, 1.807) is 11.9 Å². The first kappa shape index (κ1) is 10.5. The molecule has 0 aromatic rings. The number of carbonyl (C=O) groups is 1. The monoisotopic (exact) mass is 186 g/mol. The molecule has 1 heterocycles. The zero-order valence-electron chi connectivity index (χ0n) is 8.53. The van der Waals surface area contributed by atoms with Crippen LogP contribution in [0.5, 0.6) is 0 Å². The second kappa shape index (κ2) is 4.07. The first-order chi connectivity index (χ1) is 6.06. The molecular weight excluding hydrogens is 168 g/mol. The van der Waals surface area contributed by atoms with E-state index in [0.717, 1.165) is 6.42 Å². The number of aliphatic hydroxyl groups is 1. The van der Waals surface area contributed by atoms with E-state index >= 15 is 0 Å². The highest BCUT2D eigenvalue weighted by molar-refractivity contribution is 5.78. The van der Waals surface area contributed by atoms with E-state index in [-0.39, 0.29) is 5.91 Å². The van der Waals surface area contributed by atoms with Gasteiger partial charge in [-0.1, -0.05) is 6.92 Å². The lowest BCUT2D eigenvalue weighted by Gasteiger charge is -2.28. The van der Waals surface area contributed by atoms with Crippen LogP contribution in [0.15, 0.2) is 0 Å². The van der Waals surface area contributed by atoms with Gasteiger partial charge in [0, 0.05) is 19.5 Å². The van der Waals surface area contributed by atoms with Crippen molar-refractivity contribution in [1.29, 1.82) is 0 Å². The number of hydrogen-bond donors (Lipinski definition) is 1. The summed E-state index contributed by atoms with van der Waals surface area (Å²) < 4.78 is 0. The lowest BCUT2D eigenvalue weighted by Crippen LogP contribution is -2.42. The molecule has 1 N–H and O–H groups in total. The number of hydrogen-bond acceptors (Lipinski definition) is 3. The number of nitrogens with zero attached hydrogens (tertiary/aromatic N) is 2. The fraction of sp³-hybridized carbons (Fsp3) is 0.889. The van der Waals surface area contributed by atoms with Crippen molar-refractivity contribution >= 4 is 5.91 Å². The minimum Gasteiger partial charge on any atom is -0.392 e. The average Bonchev–Trinajstić information content (AvgIpc) is 2.31. The van der Waals surface area contributed by atoms with E-state index in [9.17, 15) is 9.90 Å².